The highest BCUT2D eigenvalue weighted by atomic mass is 16.1. The smallest absolute Gasteiger partial charge is 0.248 e. The quantitative estimate of drug-likeness (QED) is 0.663. The van der Waals surface area contributed by atoms with Gasteiger partial charge < -0.3 is 4.98 Å². The van der Waals surface area contributed by atoms with Crippen molar-refractivity contribution in [1.82, 2.24) is 4.98 Å². The maximum absolute atomic E-state index is 11.0. The SMILES string of the molecule is Cc1cc(=O)[nH]cc1-[n+]1ccccc1. The Hall–Kier alpha value is -1.90. The van der Waals surface area contributed by atoms with Crippen molar-refractivity contribution < 1.29 is 4.57 Å². The van der Waals surface area contributed by atoms with E-state index in [2.05, 4.69) is 4.98 Å². The summed E-state index contributed by atoms with van der Waals surface area (Å²) in [5.74, 6) is 0. The molecule has 0 spiro atoms. The van der Waals surface area contributed by atoms with Crippen LogP contribution in [0.15, 0.2) is 47.7 Å². The lowest BCUT2D eigenvalue weighted by Crippen LogP contribution is -2.31. The number of aromatic amines is 1. The second-order valence-corrected chi connectivity index (χ2v) is 3.15. The third-order valence-electron chi connectivity index (χ3n) is 2.10. The fraction of sp³-hybridized carbons (Fsp3) is 0.0909. The van der Waals surface area contributed by atoms with E-state index < -0.39 is 0 Å². The van der Waals surface area contributed by atoms with Crippen LogP contribution in [0.3, 0.4) is 0 Å². The molecule has 0 saturated heterocycles. The Bertz CT molecular complexity index is 488. The number of H-pyrrole nitrogens is 1. The molecule has 0 aliphatic heterocycles. The number of pyridine rings is 2. The van der Waals surface area contributed by atoms with Crippen LogP contribution in [0.1, 0.15) is 5.56 Å². The maximum Gasteiger partial charge on any atom is 0.248 e. The van der Waals surface area contributed by atoms with Crippen molar-refractivity contribution in [2.45, 2.75) is 6.92 Å². The number of nitrogens with zero attached hydrogens (tertiary/aromatic N) is 1. The van der Waals surface area contributed by atoms with E-state index in [1.165, 1.54) is 0 Å². The highest BCUT2D eigenvalue weighted by molar-refractivity contribution is 5.28. The molecular formula is C11H11N2O+. The molecular weight excluding hydrogens is 176 g/mol. The van der Waals surface area contributed by atoms with E-state index in [9.17, 15) is 4.79 Å². The molecule has 0 bridgehead atoms. The molecule has 2 rings (SSSR count). The number of aryl methyl sites for hydroxylation is 1. The van der Waals surface area contributed by atoms with Crippen LogP contribution in [0, 0.1) is 6.92 Å². The van der Waals surface area contributed by atoms with Gasteiger partial charge in [0.1, 0.15) is 0 Å². The average molecular weight is 187 g/mol. The molecule has 70 valence electrons. The molecule has 0 saturated carbocycles. The molecule has 0 fully saturated rings. The van der Waals surface area contributed by atoms with Gasteiger partial charge >= 0.3 is 0 Å². The second-order valence-electron chi connectivity index (χ2n) is 3.15. The minimum Gasteiger partial charge on any atom is -0.323 e. The number of nitrogens with one attached hydrogen (secondary N) is 1. The van der Waals surface area contributed by atoms with Crippen LogP contribution in [0.25, 0.3) is 5.69 Å². The second kappa shape index (κ2) is 3.46. The third kappa shape index (κ3) is 1.57. The van der Waals surface area contributed by atoms with Crippen molar-refractivity contribution >= 4 is 0 Å². The fourth-order valence-electron chi connectivity index (χ4n) is 1.40. The van der Waals surface area contributed by atoms with Gasteiger partial charge in [-0.05, 0) is 6.92 Å². The molecule has 0 radical (unpaired) electrons. The third-order valence-corrected chi connectivity index (χ3v) is 2.10. The van der Waals surface area contributed by atoms with Crippen LogP contribution >= 0.6 is 0 Å². The maximum atomic E-state index is 11.0. The molecule has 14 heavy (non-hydrogen) atoms. The Labute approximate surface area is 81.7 Å². The molecule has 2 aromatic heterocycles. The summed E-state index contributed by atoms with van der Waals surface area (Å²) in [4.78, 5) is 13.7. The first-order chi connectivity index (χ1) is 6.77. The molecule has 1 N–H and O–H groups in total. The Morgan fingerprint density at radius 3 is 2.57 bits per heavy atom. The molecule has 3 nitrogen and oxygen atoms in total. The van der Waals surface area contributed by atoms with E-state index >= 15 is 0 Å². The van der Waals surface area contributed by atoms with Gasteiger partial charge in [-0.25, -0.2) is 0 Å². The molecule has 0 atom stereocenters. The predicted octanol–water partition coefficient (Wildman–Crippen LogP) is 0.960. The summed E-state index contributed by atoms with van der Waals surface area (Å²) in [6, 6.07) is 7.45. The molecule has 0 aromatic carbocycles. The minimum atomic E-state index is -0.0669. The normalized spacial score (nSPS) is 10.1. The molecule has 0 aliphatic carbocycles. The van der Waals surface area contributed by atoms with E-state index in [1.54, 1.807) is 12.3 Å². The largest absolute Gasteiger partial charge is 0.323 e. The van der Waals surface area contributed by atoms with Crippen LogP contribution in [-0.4, -0.2) is 4.98 Å². The predicted molar refractivity (Wildman–Crippen MR) is 53.3 cm³/mol. The summed E-state index contributed by atoms with van der Waals surface area (Å²) >= 11 is 0. The average Bonchev–Trinajstić information content (AvgIpc) is 2.19. The van der Waals surface area contributed by atoms with Crippen LogP contribution in [0.2, 0.25) is 0 Å². The zero-order valence-electron chi connectivity index (χ0n) is 7.90. The van der Waals surface area contributed by atoms with Gasteiger partial charge in [0.15, 0.2) is 12.4 Å². The van der Waals surface area contributed by atoms with Crippen LogP contribution in [-0.2, 0) is 0 Å². The van der Waals surface area contributed by atoms with Gasteiger partial charge in [0.2, 0.25) is 11.2 Å². The van der Waals surface area contributed by atoms with Gasteiger partial charge in [0, 0.05) is 23.8 Å². The first-order valence-electron chi connectivity index (χ1n) is 4.43. The zero-order chi connectivity index (χ0) is 9.97. The van der Waals surface area contributed by atoms with Crippen molar-refractivity contribution in [3.05, 3.63) is 58.8 Å². The monoisotopic (exact) mass is 187 g/mol. The first kappa shape index (κ1) is 8.69. The Balaban J connectivity index is 2.58. The highest BCUT2D eigenvalue weighted by Crippen LogP contribution is 2.00. The Morgan fingerprint density at radius 1 is 1.21 bits per heavy atom. The van der Waals surface area contributed by atoms with Crippen LogP contribution < -0.4 is 10.1 Å². The molecule has 0 aliphatic rings. The van der Waals surface area contributed by atoms with Crippen molar-refractivity contribution in [1.29, 1.82) is 0 Å². The van der Waals surface area contributed by atoms with Gasteiger partial charge in [0.05, 0.1) is 6.20 Å². The first-order valence-corrected chi connectivity index (χ1v) is 4.43. The van der Waals surface area contributed by atoms with E-state index in [0.717, 1.165) is 11.3 Å². The van der Waals surface area contributed by atoms with Gasteiger partial charge in [-0.3, -0.25) is 4.79 Å². The van der Waals surface area contributed by atoms with Crippen molar-refractivity contribution in [3.8, 4) is 5.69 Å². The lowest BCUT2D eigenvalue weighted by atomic mass is 10.2. The summed E-state index contributed by atoms with van der Waals surface area (Å²) in [7, 11) is 0. The van der Waals surface area contributed by atoms with Crippen LogP contribution in [0.5, 0.6) is 0 Å². The van der Waals surface area contributed by atoms with E-state index in [-0.39, 0.29) is 5.56 Å². The lowest BCUT2D eigenvalue weighted by molar-refractivity contribution is -0.596. The van der Waals surface area contributed by atoms with Gasteiger partial charge in [-0.1, -0.05) is 6.07 Å². The molecule has 2 heterocycles. The molecule has 2 aromatic rings. The van der Waals surface area contributed by atoms with Crippen molar-refractivity contribution in [2.75, 3.05) is 0 Å². The summed E-state index contributed by atoms with van der Waals surface area (Å²) in [6.45, 7) is 1.92. The minimum absolute atomic E-state index is 0.0669. The van der Waals surface area contributed by atoms with Crippen molar-refractivity contribution in [2.24, 2.45) is 0 Å². The standard InChI is InChI=1S/C11H10N2O/c1-9-7-11(14)12-8-10(9)13-5-3-2-4-6-13/h2-8H,1H3/p+1. The number of aromatic nitrogens is 2. The summed E-state index contributed by atoms with van der Waals surface area (Å²) in [5.41, 5.74) is 1.89. The summed E-state index contributed by atoms with van der Waals surface area (Å²) in [5, 5.41) is 0. The lowest BCUT2D eigenvalue weighted by Gasteiger charge is -1.97. The van der Waals surface area contributed by atoms with Gasteiger partial charge in [0.25, 0.3) is 0 Å². The van der Waals surface area contributed by atoms with E-state index in [0.29, 0.717) is 0 Å². The Morgan fingerprint density at radius 2 is 1.93 bits per heavy atom. The summed E-state index contributed by atoms with van der Waals surface area (Å²) in [6.07, 6.45) is 5.61. The number of hydrogen-bond donors (Lipinski definition) is 1. The van der Waals surface area contributed by atoms with Gasteiger partial charge in [-0.15, -0.1) is 0 Å². The van der Waals surface area contributed by atoms with Crippen molar-refractivity contribution in [3.63, 3.8) is 0 Å². The topological polar surface area (TPSA) is 36.7 Å². The van der Waals surface area contributed by atoms with Crippen LogP contribution in [0.4, 0.5) is 0 Å². The van der Waals surface area contributed by atoms with Gasteiger partial charge in [-0.2, -0.15) is 4.57 Å². The molecule has 3 heteroatoms. The highest BCUT2D eigenvalue weighted by Gasteiger charge is 2.07. The number of rotatable bonds is 1. The zero-order valence-corrected chi connectivity index (χ0v) is 7.90. The number of hydrogen-bond acceptors (Lipinski definition) is 1. The fourth-order valence-corrected chi connectivity index (χ4v) is 1.40. The summed E-state index contributed by atoms with van der Waals surface area (Å²) < 4.78 is 1.96. The van der Waals surface area contributed by atoms with E-state index in [4.69, 9.17) is 0 Å². The molecule has 0 amide bonds. The Kier molecular flexibility index (Phi) is 2.14. The van der Waals surface area contributed by atoms with E-state index in [1.807, 2.05) is 42.1 Å². The molecule has 0 unspecified atom stereocenters.